The third kappa shape index (κ3) is 12.4. The Kier molecular flexibility index (Phi) is 15.9. The summed E-state index contributed by atoms with van der Waals surface area (Å²) >= 11 is 2.31. The Hall–Kier alpha value is 0.390. The molecular weight excluding hydrogens is 495 g/mol. The molecule has 0 spiro atoms. The van der Waals surface area contributed by atoms with Gasteiger partial charge in [-0.25, -0.2) is 0 Å². The summed E-state index contributed by atoms with van der Waals surface area (Å²) in [6.45, 7) is 4.77. The maximum atomic E-state index is 6.13. The molecule has 2 rings (SSSR count). The highest BCUT2D eigenvalue weighted by molar-refractivity contribution is 14.1. The molecule has 182 valence electrons. The van der Waals surface area contributed by atoms with Gasteiger partial charge >= 0.3 is 0 Å². The Morgan fingerprint density at radius 3 is 1.90 bits per heavy atom. The van der Waals surface area contributed by atoms with Gasteiger partial charge in [-0.2, -0.15) is 0 Å². The molecule has 3 heteroatoms. The molecule has 2 aliphatic rings. The van der Waals surface area contributed by atoms with Crippen molar-refractivity contribution in [3.8, 4) is 0 Å². The van der Waals surface area contributed by atoms with Crippen molar-refractivity contribution in [3.05, 3.63) is 10.2 Å². The number of halogens is 1. The van der Waals surface area contributed by atoms with E-state index in [2.05, 4.69) is 32.7 Å². The topological polar surface area (TPSA) is 18.5 Å². The van der Waals surface area contributed by atoms with Gasteiger partial charge in [0.2, 0.25) is 0 Å². The Labute approximate surface area is 207 Å². The first kappa shape index (κ1) is 27.6. The molecule has 0 N–H and O–H groups in total. The lowest BCUT2D eigenvalue weighted by Crippen LogP contribution is -2.36. The second-order valence-corrected chi connectivity index (χ2v) is 11.0. The summed E-state index contributed by atoms with van der Waals surface area (Å²) in [5, 5.41) is 0. The molecule has 2 atom stereocenters. The molecule has 31 heavy (non-hydrogen) atoms. The predicted octanol–water partition coefficient (Wildman–Crippen LogP) is 9.60. The number of hydrogen-bond donors (Lipinski definition) is 0. The molecule has 0 aromatic carbocycles. The summed E-state index contributed by atoms with van der Waals surface area (Å²) in [6, 6.07) is 0. The van der Waals surface area contributed by atoms with Crippen LogP contribution >= 0.6 is 22.6 Å². The lowest BCUT2D eigenvalue weighted by Gasteiger charge is -2.40. The quantitative estimate of drug-likeness (QED) is 0.138. The van der Waals surface area contributed by atoms with Crippen molar-refractivity contribution < 1.29 is 9.47 Å². The van der Waals surface area contributed by atoms with Gasteiger partial charge in [0.15, 0.2) is 6.29 Å². The molecular formula is C28H51IO2. The van der Waals surface area contributed by atoms with Crippen LogP contribution in [0.25, 0.3) is 0 Å². The fraction of sp³-hybridized carbons (Fsp3) is 0.929. The summed E-state index contributed by atoms with van der Waals surface area (Å²) in [4.78, 5) is 0. The van der Waals surface area contributed by atoms with E-state index in [1.54, 1.807) is 0 Å². The van der Waals surface area contributed by atoms with E-state index in [1.807, 2.05) is 13.8 Å². The molecule has 2 fully saturated rings. The standard InChI is InChI=1S/C28H51IO2/c1-3-30-24(2)31-28(20-21-29)27-22-26(23-27)19-15-11-14-18-25-16-12-9-7-5-4-6-8-10-13-17-25/h20-21,24-28H,3-19,22-23H2,1-2H3/b21-20+. The van der Waals surface area contributed by atoms with Gasteiger partial charge in [0, 0.05) is 6.61 Å². The van der Waals surface area contributed by atoms with Crippen LogP contribution in [-0.4, -0.2) is 19.0 Å². The highest BCUT2D eigenvalue weighted by Crippen LogP contribution is 2.41. The van der Waals surface area contributed by atoms with Crippen LogP contribution in [0.5, 0.6) is 0 Å². The van der Waals surface area contributed by atoms with Crippen LogP contribution in [0.15, 0.2) is 10.2 Å². The Morgan fingerprint density at radius 2 is 1.35 bits per heavy atom. The third-order valence-corrected chi connectivity index (χ3v) is 8.11. The van der Waals surface area contributed by atoms with Crippen molar-refractivity contribution in [1.82, 2.24) is 0 Å². The third-order valence-electron chi connectivity index (χ3n) is 7.70. The van der Waals surface area contributed by atoms with Crippen LogP contribution in [0.3, 0.4) is 0 Å². The van der Waals surface area contributed by atoms with Gasteiger partial charge < -0.3 is 9.47 Å². The molecule has 0 aliphatic heterocycles. The van der Waals surface area contributed by atoms with E-state index in [1.165, 1.54) is 116 Å². The lowest BCUT2D eigenvalue weighted by molar-refractivity contribution is -0.167. The highest BCUT2D eigenvalue weighted by atomic mass is 127. The minimum absolute atomic E-state index is 0.0996. The SMILES string of the molecule is CCOC(C)OC(/C=C/I)C1CC(CCCCCC2CCCCCCCCCCC2)C1. The number of unbranched alkanes of at least 4 members (excludes halogenated alkanes) is 2. The zero-order valence-corrected chi connectivity index (χ0v) is 22.8. The highest BCUT2D eigenvalue weighted by Gasteiger charge is 2.34. The van der Waals surface area contributed by atoms with Crippen molar-refractivity contribution in [1.29, 1.82) is 0 Å². The normalized spacial score (nSPS) is 26.7. The van der Waals surface area contributed by atoms with E-state index in [0.29, 0.717) is 5.92 Å². The number of hydrogen-bond acceptors (Lipinski definition) is 2. The molecule has 2 aliphatic carbocycles. The van der Waals surface area contributed by atoms with Gasteiger partial charge in [-0.05, 0) is 54.6 Å². The summed E-state index contributed by atoms with van der Waals surface area (Å²) in [5.74, 6) is 2.65. The first-order valence-corrected chi connectivity index (χ1v) is 15.0. The summed E-state index contributed by atoms with van der Waals surface area (Å²) in [7, 11) is 0. The van der Waals surface area contributed by atoms with Crippen LogP contribution in [0.2, 0.25) is 0 Å². The summed E-state index contributed by atoms with van der Waals surface area (Å²) in [6.07, 6.45) is 28.7. The van der Waals surface area contributed by atoms with Gasteiger partial charge in [-0.1, -0.05) is 125 Å². The second-order valence-electron chi connectivity index (χ2n) is 10.3. The molecule has 0 amide bonds. The van der Waals surface area contributed by atoms with Crippen molar-refractivity contribution in [2.45, 2.75) is 142 Å². The summed E-state index contributed by atoms with van der Waals surface area (Å²) in [5.41, 5.74) is 0. The van der Waals surface area contributed by atoms with E-state index < -0.39 is 0 Å². The Morgan fingerprint density at radius 1 is 0.806 bits per heavy atom. The largest absolute Gasteiger partial charge is 0.353 e. The fourth-order valence-electron chi connectivity index (χ4n) is 5.75. The van der Waals surface area contributed by atoms with Gasteiger partial charge in [0.1, 0.15) is 0 Å². The average Bonchev–Trinajstić information content (AvgIpc) is 2.70. The average molecular weight is 547 g/mol. The van der Waals surface area contributed by atoms with E-state index in [9.17, 15) is 0 Å². The molecule has 0 heterocycles. The van der Waals surface area contributed by atoms with Gasteiger partial charge in [0.05, 0.1) is 6.10 Å². The minimum Gasteiger partial charge on any atom is -0.353 e. The molecule has 0 saturated heterocycles. The molecule has 2 nitrogen and oxygen atoms in total. The maximum Gasteiger partial charge on any atom is 0.155 e. The monoisotopic (exact) mass is 546 g/mol. The van der Waals surface area contributed by atoms with Gasteiger partial charge in [-0.15, -0.1) is 0 Å². The van der Waals surface area contributed by atoms with E-state index >= 15 is 0 Å². The lowest BCUT2D eigenvalue weighted by atomic mass is 9.70. The molecule has 2 saturated carbocycles. The molecule has 0 bridgehead atoms. The first-order valence-electron chi connectivity index (χ1n) is 13.8. The van der Waals surface area contributed by atoms with Crippen LogP contribution in [0, 0.1) is 17.8 Å². The van der Waals surface area contributed by atoms with Crippen molar-refractivity contribution >= 4 is 22.6 Å². The molecule has 0 aromatic heterocycles. The maximum absolute atomic E-state index is 6.13. The first-order chi connectivity index (χ1) is 15.2. The van der Waals surface area contributed by atoms with Crippen molar-refractivity contribution in [3.63, 3.8) is 0 Å². The molecule has 0 radical (unpaired) electrons. The van der Waals surface area contributed by atoms with E-state index in [-0.39, 0.29) is 12.4 Å². The smallest absolute Gasteiger partial charge is 0.155 e. The molecule has 0 aromatic rings. The molecule has 2 unspecified atom stereocenters. The zero-order valence-electron chi connectivity index (χ0n) is 20.7. The summed E-state index contributed by atoms with van der Waals surface area (Å²) < 4.78 is 13.8. The van der Waals surface area contributed by atoms with Crippen LogP contribution in [0.4, 0.5) is 0 Å². The van der Waals surface area contributed by atoms with Crippen LogP contribution in [0.1, 0.15) is 129 Å². The van der Waals surface area contributed by atoms with Crippen LogP contribution in [-0.2, 0) is 9.47 Å². The predicted molar refractivity (Wildman–Crippen MR) is 143 cm³/mol. The Bertz CT molecular complexity index is 434. The van der Waals surface area contributed by atoms with Crippen molar-refractivity contribution in [2.24, 2.45) is 17.8 Å². The fourth-order valence-corrected chi connectivity index (χ4v) is 6.16. The van der Waals surface area contributed by atoms with E-state index in [0.717, 1.165) is 18.4 Å². The van der Waals surface area contributed by atoms with Crippen molar-refractivity contribution in [2.75, 3.05) is 6.61 Å². The second kappa shape index (κ2) is 17.8. The minimum atomic E-state index is -0.0996. The number of rotatable bonds is 12. The van der Waals surface area contributed by atoms with Gasteiger partial charge in [-0.3, -0.25) is 0 Å². The van der Waals surface area contributed by atoms with E-state index in [4.69, 9.17) is 9.47 Å². The van der Waals surface area contributed by atoms with Crippen LogP contribution < -0.4 is 0 Å². The number of ether oxygens (including phenoxy) is 2. The van der Waals surface area contributed by atoms with Gasteiger partial charge in [0.25, 0.3) is 0 Å². The Balaban J connectivity index is 1.55. The zero-order chi connectivity index (χ0) is 22.2.